The molecule has 2 aliphatic rings. The van der Waals surface area contributed by atoms with Crippen molar-refractivity contribution >= 4 is 38.4 Å². The average Bonchev–Trinajstić information content (AvgIpc) is 3.46. The smallest absolute Gasteiger partial charge is 0.308 e. The summed E-state index contributed by atoms with van der Waals surface area (Å²) in [6.07, 6.45) is 6.48. The maximum Gasteiger partial charge on any atom is 0.308 e. The molecule has 252 valence electrons. The van der Waals surface area contributed by atoms with Gasteiger partial charge in [0.25, 0.3) is 0 Å². The summed E-state index contributed by atoms with van der Waals surface area (Å²) in [7, 11) is 0.268. The summed E-state index contributed by atoms with van der Waals surface area (Å²) in [5, 5.41) is 1.92. The zero-order chi connectivity index (χ0) is 32.4. The van der Waals surface area contributed by atoms with Gasteiger partial charge in [-0.1, -0.05) is 27.3 Å². The van der Waals surface area contributed by atoms with E-state index in [2.05, 4.69) is 9.71 Å². The number of aromatic nitrogens is 2. The molecule has 12 heteroatoms. The van der Waals surface area contributed by atoms with Crippen LogP contribution in [0.4, 0.5) is 0 Å². The Morgan fingerprint density at radius 3 is 1.96 bits per heavy atom. The third-order valence-corrected chi connectivity index (χ3v) is 9.68. The summed E-state index contributed by atoms with van der Waals surface area (Å²) in [6, 6.07) is 7.67. The second-order valence-corrected chi connectivity index (χ2v) is 14.7. The van der Waals surface area contributed by atoms with Crippen LogP contribution in [0.2, 0.25) is 0 Å². The van der Waals surface area contributed by atoms with Gasteiger partial charge in [0, 0.05) is 18.2 Å². The lowest BCUT2D eigenvalue weighted by atomic mass is 10.2. The number of rotatable bonds is 10. The van der Waals surface area contributed by atoms with Crippen molar-refractivity contribution in [2.75, 3.05) is 14.2 Å². The standard InChI is InChI=1S/C17H18N2O3S.C9H16O2.C6H13NO2S.CH4/c1-10(2)22-17-16(15-6-5-7-23-15)18-11-8-13(20-3)14(21-4)9-12(11)19-17;1-7(2)9(10)11-8-5-3-4-6-8;1-5(2)7-10(8,9)6-3-4-6;/h5-10H,1-4H3;7-8H,3-6H2,1-2H3;5-7H,3-4H2,1-2H3;1H4. The van der Waals surface area contributed by atoms with E-state index in [0.29, 0.717) is 22.9 Å². The molecule has 0 unspecified atom stereocenters. The van der Waals surface area contributed by atoms with Crippen molar-refractivity contribution in [3.8, 4) is 28.0 Å². The topological polar surface area (TPSA) is 126 Å². The van der Waals surface area contributed by atoms with Gasteiger partial charge in [0.15, 0.2) is 11.5 Å². The molecule has 2 aliphatic carbocycles. The molecule has 0 aliphatic heterocycles. The Bertz CT molecular complexity index is 1450. The molecule has 1 aromatic carbocycles. The van der Waals surface area contributed by atoms with Gasteiger partial charge in [-0.2, -0.15) is 0 Å². The molecule has 2 fully saturated rings. The van der Waals surface area contributed by atoms with E-state index in [9.17, 15) is 13.2 Å². The number of nitrogens with one attached hydrogen (secondary N) is 1. The number of sulfonamides is 1. The Balaban J connectivity index is 0.000000268. The third-order valence-electron chi connectivity index (χ3n) is 6.66. The summed E-state index contributed by atoms with van der Waals surface area (Å²) >= 11 is 1.60. The van der Waals surface area contributed by atoms with E-state index in [1.54, 1.807) is 25.6 Å². The van der Waals surface area contributed by atoms with Crippen LogP contribution in [0.25, 0.3) is 21.6 Å². The van der Waals surface area contributed by atoms with Crippen LogP contribution in [0, 0.1) is 5.92 Å². The number of fused-ring (bicyclic) bond motifs is 1. The number of carbonyl (C=O) groups excluding carboxylic acids is 1. The Kier molecular flexibility index (Phi) is 15.0. The minimum atomic E-state index is -2.94. The molecule has 0 atom stereocenters. The Labute approximate surface area is 273 Å². The van der Waals surface area contributed by atoms with Crippen LogP contribution >= 0.6 is 11.3 Å². The summed E-state index contributed by atoms with van der Waals surface area (Å²) in [5.74, 6) is 1.76. The molecule has 2 heterocycles. The SMILES string of the molecule is C.CC(C)C(=O)OC1CCCC1.CC(C)NS(=O)(=O)C1CC1.COc1cc2nc(OC(C)C)c(-c3cccs3)nc2cc1OC. The van der Waals surface area contributed by atoms with Crippen molar-refractivity contribution in [3.63, 3.8) is 0 Å². The monoisotopic (exact) mass is 665 g/mol. The first kappa shape index (κ1) is 38.2. The van der Waals surface area contributed by atoms with Crippen molar-refractivity contribution in [2.24, 2.45) is 5.92 Å². The number of methoxy groups -OCH3 is 2. The highest BCUT2D eigenvalue weighted by atomic mass is 32.2. The molecule has 0 spiro atoms. The lowest BCUT2D eigenvalue weighted by molar-refractivity contribution is -0.152. The van der Waals surface area contributed by atoms with Gasteiger partial charge in [-0.3, -0.25) is 4.79 Å². The van der Waals surface area contributed by atoms with Gasteiger partial charge in [0.05, 0.1) is 47.4 Å². The van der Waals surface area contributed by atoms with E-state index in [1.807, 2.05) is 71.2 Å². The fourth-order valence-corrected chi connectivity index (χ4v) is 6.67. The quantitative estimate of drug-likeness (QED) is 0.220. The van der Waals surface area contributed by atoms with Gasteiger partial charge < -0.3 is 18.9 Å². The minimum absolute atomic E-state index is 0. The first-order valence-electron chi connectivity index (χ1n) is 15.2. The van der Waals surface area contributed by atoms with E-state index in [0.717, 1.165) is 41.8 Å². The molecule has 0 bridgehead atoms. The number of esters is 1. The summed E-state index contributed by atoms with van der Waals surface area (Å²) in [6.45, 7) is 11.4. The number of ether oxygens (including phenoxy) is 4. The van der Waals surface area contributed by atoms with Crippen LogP contribution in [0.3, 0.4) is 0 Å². The van der Waals surface area contributed by atoms with E-state index < -0.39 is 10.0 Å². The van der Waals surface area contributed by atoms with Crippen molar-refractivity contribution in [1.29, 1.82) is 0 Å². The summed E-state index contributed by atoms with van der Waals surface area (Å²) < 4.78 is 46.5. The highest BCUT2D eigenvalue weighted by molar-refractivity contribution is 7.90. The zero-order valence-corrected chi connectivity index (χ0v) is 28.7. The maximum absolute atomic E-state index is 11.1. The van der Waals surface area contributed by atoms with Crippen LogP contribution in [0.1, 0.15) is 87.5 Å². The predicted octanol–water partition coefficient (Wildman–Crippen LogP) is 7.40. The van der Waals surface area contributed by atoms with Gasteiger partial charge >= 0.3 is 5.97 Å². The van der Waals surface area contributed by atoms with E-state index in [4.69, 9.17) is 23.9 Å². The van der Waals surface area contributed by atoms with Crippen LogP contribution in [-0.4, -0.2) is 62.1 Å². The summed E-state index contributed by atoms with van der Waals surface area (Å²) in [5.41, 5.74) is 2.19. The highest BCUT2D eigenvalue weighted by Gasteiger charge is 2.35. The first-order chi connectivity index (χ1) is 20.8. The van der Waals surface area contributed by atoms with Crippen LogP contribution in [0.5, 0.6) is 17.4 Å². The number of benzene rings is 1. The van der Waals surface area contributed by atoms with Gasteiger partial charge in [0.2, 0.25) is 15.9 Å². The lowest BCUT2D eigenvalue weighted by Crippen LogP contribution is -2.32. The van der Waals surface area contributed by atoms with Crippen molar-refractivity contribution < 1.29 is 32.2 Å². The molecular weight excluding hydrogens is 615 g/mol. The second-order valence-electron chi connectivity index (χ2n) is 11.7. The fourth-order valence-electron chi connectivity index (χ4n) is 4.36. The Morgan fingerprint density at radius 2 is 1.51 bits per heavy atom. The van der Waals surface area contributed by atoms with Gasteiger partial charge in [-0.15, -0.1) is 11.3 Å². The first-order valence-corrected chi connectivity index (χ1v) is 17.6. The van der Waals surface area contributed by atoms with Crippen molar-refractivity contribution in [3.05, 3.63) is 29.6 Å². The van der Waals surface area contributed by atoms with Gasteiger partial charge in [0.1, 0.15) is 11.8 Å². The largest absolute Gasteiger partial charge is 0.493 e. The molecule has 45 heavy (non-hydrogen) atoms. The van der Waals surface area contributed by atoms with Crippen molar-refractivity contribution in [1.82, 2.24) is 14.7 Å². The van der Waals surface area contributed by atoms with Crippen molar-refractivity contribution in [2.45, 2.75) is 111 Å². The normalized spacial score (nSPS) is 14.7. The highest BCUT2D eigenvalue weighted by Crippen LogP contribution is 2.36. The molecule has 3 aromatic rings. The average molecular weight is 666 g/mol. The number of thiophene rings is 1. The van der Waals surface area contributed by atoms with Gasteiger partial charge in [-0.05, 0) is 77.7 Å². The second kappa shape index (κ2) is 17.7. The van der Waals surface area contributed by atoms with E-state index in [-0.39, 0.29) is 42.8 Å². The molecular formula is C33H51N3O7S2. The molecule has 10 nitrogen and oxygen atoms in total. The van der Waals surface area contributed by atoms with E-state index >= 15 is 0 Å². The van der Waals surface area contributed by atoms with Crippen LogP contribution in [0.15, 0.2) is 29.6 Å². The van der Waals surface area contributed by atoms with Crippen LogP contribution < -0.4 is 18.9 Å². The number of carbonyl (C=O) groups is 1. The molecule has 2 saturated carbocycles. The maximum atomic E-state index is 11.1. The molecule has 5 rings (SSSR count). The van der Waals surface area contributed by atoms with Crippen LogP contribution in [-0.2, 0) is 19.6 Å². The minimum Gasteiger partial charge on any atom is -0.493 e. The summed E-state index contributed by atoms with van der Waals surface area (Å²) in [4.78, 5) is 21.5. The lowest BCUT2D eigenvalue weighted by Gasteiger charge is -2.14. The number of hydrogen-bond acceptors (Lipinski definition) is 10. The predicted molar refractivity (Wildman–Crippen MR) is 182 cm³/mol. The zero-order valence-electron chi connectivity index (χ0n) is 27.1. The van der Waals surface area contributed by atoms with Gasteiger partial charge in [-0.25, -0.2) is 23.1 Å². The number of nitrogens with zero attached hydrogens (tertiary/aromatic N) is 2. The molecule has 0 amide bonds. The fraction of sp³-hybridized carbons (Fsp3) is 0.606. The molecule has 1 N–H and O–H groups in total. The number of hydrogen-bond donors (Lipinski definition) is 1. The Hall–Kier alpha value is -2.96. The Morgan fingerprint density at radius 1 is 0.933 bits per heavy atom. The third kappa shape index (κ3) is 11.7. The van der Waals surface area contributed by atoms with E-state index in [1.165, 1.54) is 12.8 Å². The molecule has 2 aromatic heterocycles. The molecule has 0 radical (unpaired) electrons. The molecule has 0 saturated heterocycles.